The van der Waals surface area contributed by atoms with Gasteiger partial charge in [-0.05, 0) is 43.7 Å². The number of methoxy groups -OCH3 is 2. The molecule has 5 atom stereocenters. The van der Waals surface area contributed by atoms with E-state index in [1.165, 1.54) is 5.56 Å². The molecule has 1 aromatic carbocycles. The van der Waals surface area contributed by atoms with Gasteiger partial charge in [-0.1, -0.05) is 84.9 Å². The van der Waals surface area contributed by atoms with Gasteiger partial charge in [0, 0.05) is 44.8 Å². The Morgan fingerprint density at radius 3 is 2.00 bits per heavy atom. The van der Waals surface area contributed by atoms with Gasteiger partial charge in [-0.15, -0.1) is 0 Å². The molecule has 1 heterocycles. The molecule has 2 N–H and O–H groups in total. The van der Waals surface area contributed by atoms with Gasteiger partial charge < -0.3 is 29.9 Å². The van der Waals surface area contributed by atoms with Crippen LogP contribution in [0.2, 0.25) is 0 Å². The van der Waals surface area contributed by atoms with E-state index in [1.54, 1.807) is 14.2 Å². The number of ether oxygens (including phenoxy) is 2. The molecule has 244 valence electrons. The predicted octanol–water partition coefficient (Wildman–Crippen LogP) is 4.64. The molecule has 8 heteroatoms. The first-order valence-corrected chi connectivity index (χ1v) is 15.8. The minimum absolute atomic E-state index is 0.0152. The Labute approximate surface area is 261 Å². The lowest BCUT2D eigenvalue weighted by atomic mass is 9.77. The lowest BCUT2D eigenvalue weighted by Gasteiger charge is -2.40. The molecule has 8 nitrogen and oxygen atoms in total. The van der Waals surface area contributed by atoms with E-state index in [4.69, 9.17) is 9.47 Å². The van der Waals surface area contributed by atoms with Crippen molar-refractivity contribution in [3.8, 4) is 0 Å². The second kappa shape index (κ2) is 16.2. The molecule has 1 aliphatic heterocycles. The van der Waals surface area contributed by atoms with E-state index in [0.29, 0.717) is 25.3 Å². The Balaban J connectivity index is 2.30. The Morgan fingerprint density at radius 2 is 1.56 bits per heavy atom. The summed E-state index contributed by atoms with van der Waals surface area (Å²) in [5.74, 6) is 0.117. The first-order chi connectivity index (χ1) is 20.1. The maximum absolute atomic E-state index is 14.2. The third-order valence-electron chi connectivity index (χ3n) is 9.18. The topological polar surface area (TPSA) is 83.1 Å². The van der Waals surface area contributed by atoms with Crippen LogP contribution in [0.1, 0.15) is 73.8 Å². The average Bonchev–Trinajstić information content (AvgIpc) is 3.34. The van der Waals surface area contributed by atoms with Gasteiger partial charge in [-0.3, -0.25) is 9.59 Å². The van der Waals surface area contributed by atoms with Gasteiger partial charge in [-0.25, -0.2) is 0 Å². The molecule has 1 saturated heterocycles. The molecule has 0 unspecified atom stereocenters. The zero-order valence-electron chi connectivity index (χ0n) is 29.0. The van der Waals surface area contributed by atoms with Gasteiger partial charge >= 0.3 is 0 Å². The summed E-state index contributed by atoms with van der Waals surface area (Å²) in [4.78, 5) is 31.8. The van der Waals surface area contributed by atoms with Gasteiger partial charge in [0.2, 0.25) is 11.8 Å². The zero-order chi connectivity index (χ0) is 32.5. The highest BCUT2D eigenvalue weighted by molar-refractivity contribution is 5.94. The van der Waals surface area contributed by atoms with Crippen molar-refractivity contribution in [2.75, 3.05) is 48.1 Å². The Kier molecular flexibility index (Phi) is 13.9. The molecular formula is C35H60N4O4. The molecule has 1 fully saturated rings. The second-order valence-electron chi connectivity index (χ2n) is 14.2. The van der Waals surface area contributed by atoms with Crippen LogP contribution in [0.3, 0.4) is 0 Å². The van der Waals surface area contributed by atoms with Crippen LogP contribution in [-0.2, 0) is 24.5 Å². The van der Waals surface area contributed by atoms with Crippen LogP contribution in [0, 0.1) is 11.3 Å². The van der Waals surface area contributed by atoms with Crippen molar-refractivity contribution in [1.29, 1.82) is 0 Å². The Morgan fingerprint density at radius 1 is 1.02 bits per heavy atom. The van der Waals surface area contributed by atoms with Crippen LogP contribution in [-0.4, -0.2) is 99.9 Å². The fraction of sp³-hybridized carbons (Fsp3) is 0.714. The third-order valence-corrected chi connectivity index (χ3v) is 9.18. The van der Waals surface area contributed by atoms with Crippen molar-refractivity contribution < 1.29 is 19.1 Å². The van der Waals surface area contributed by atoms with Crippen molar-refractivity contribution in [3.63, 3.8) is 0 Å². The van der Waals surface area contributed by atoms with E-state index in [0.717, 1.165) is 12.8 Å². The van der Waals surface area contributed by atoms with Crippen molar-refractivity contribution in [2.45, 2.75) is 104 Å². The van der Waals surface area contributed by atoms with Crippen molar-refractivity contribution >= 4 is 11.8 Å². The highest BCUT2D eigenvalue weighted by Gasteiger charge is 2.40. The second-order valence-corrected chi connectivity index (χ2v) is 14.2. The number of likely N-dealkylation sites (tertiary alicyclic amines) is 1. The monoisotopic (exact) mass is 600 g/mol. The highest BCUT2D eigenvalue weighted by atomic mass is 16.5. The fourth-order valence-corrected chi connectivity index (χ4v) is 6.42. The molecule has 2 amide bonds. The van der Waals surface area contributed by atoms with E-state index >= 15 is 0 Å². The Hall–Kier alpha value is -2.26. The molecule has 0 saturated carbocycles. The molecule has 0 aromatic heterocycles. The number of carbonyl (C=O) groups is 2. The summed E-state index contributed by atoms with van der Waals surface area (Å²) in [5, 5.41) is 7.13. The summed E-state index contributed by atoms with van der Waals surface area (Å²) in [5.41, 5.74) is 1.41. The molecule has 1 aromatic rings. The smallest absolute Gasteiger partial charge is 0.249 e. The number of nitrogens with one attached hydrogen (secondary N) is 2. The fourth-order valence-electron chi connectivity index (χ4n) is 6.42. The van der Waals surface area contributed by atoms with E-state index in [9.17, 15) is 9.59 Å². The standard InChI is InChI=1S/C35H60N4O4/c1-24(2)29(20-25(3)32(40)39-27(22-42-11)18-19-28(39)23-43-12)38(10)33(41)31(34(4,5)6)37-21-30(36-9)35(7,8)26-16-14-13-15-17-26/h13-17,20,24,27-31,36-37H,18-19,21-23H2,1-12H3/b25-20+/t27-,28-,29+,30+,31+/m0/s1. The van der Waals surface area contributed by atoms with Crippen LogP contribution >= 0.6 is 0 Å². The first-order valence-electron chi connectivity index (χ1n) is 15.8. The van der Waals surface area contributed by atoms with Crippen molar-refractivity contribution in [3.05, 3.63) is 47.5 Å². The zero-order valence-corrected chi connectivity index (χ0v) is 29.0. The predicted molar refractivity (Wildman–Crippen MR) is 176 cm³/mol. The van der Waals surface area contributed by atoms with Gasteiger partial charge in [0.05, 0.1) is 37.4 Å². The third kappa shape index (κ3) is 9.37. The lowest BCUT2D eigenvalue weighted by molar-refractivity contribution is -0.137. The summed E-state index contributed by atoms with van der Waals surface area (Å²) < 4.78 is 10.9. The number of nitrogens with zero attached hydrogens (tertiary/aromatic N) is 2. The number of benzene rings is 1. The number of carbonyl (C=O) groups excluding carboxylic acids is 2. The average molecular weight is 601 g/mol. The van der Waals surface area contributed by atoms with Gasteiger partial charge in [0.25, 0.3) is 0 Å². The quantitative estimate of drug-likeness (QED) is 0.286. The molecule has 2 rings (SSSR count). The van der Waals surface area contributed by atoms with Gasteiger partial charge in [0.15, 0.2) is 0 Å². The Bertz CT molecular complexity index is 1040. The largest absolute Gasteiger partial charge is 0.383 e. The summed E-state index contributed by atoms with van der Waals surface area (Å²) in [6.07, 6.45) is 3.76. The number of hydrogen-bond donors (Lipinski definition) is 2. The summed E-state index contributed by atoms with van der Waals surface area (Å²) >= 11 is 0. The molecule has 0 bridgehead atoms. The van der Waals surface area contributed by atoms with E-state index < -0.39 is 6.04 Å². The van der Waals surface area contributed by atoms with Crippen molar-refractivity contribution in [2.24, 2.45) is 11.3 Å². The van der Waals surface area contributed by atoms with Crippen LogP contribution in [0.25, 0.3) is 0 Å². The highest BCUT2D eigenvalue weighted by Crippen LogP contribution is 2.30. The van der Waals surface area contributed by atoms with Crippen LogP contribution < -0.4 is 10.6 Å². The van der Waals surface area contributed by atoms with E-state index in [2.05, 4.69) is 83.4 Å². The van der Waals surface area contributed by atoms with Gasteiger partial charge in [0.1, 0.15) is 0 Å². The molecule has 0 spiro atoms. The summed E-state index contributed by atoms with van der Waals surface area (Å²) in [7, 11) is 7.19. The normalized spacial score (nSPS) is 20.3. The van der Waals surface area contributed by atoms with Crippen LogP contribution in [0.15, 0.2) is 42.0 Å². The molecule has 1 aliphatic rings. The lowest BCUT2D eigenvalue weighted by Crippen LogP contribution is -2.59. The number of likely N-dealkylation sites (N-methyl/N-ethyl adjacent to an activating group) is 2. The summed E-state index contributed by atoms with van der Waals surface area (Å²) in [6.45, 7) is 18.4. The molecule has 0 aliphatic carbocycles. The van der Waals surface area contributed by atoms with Gasteiger partial charge in [-0.2, -0.15) is 0 Å². The summed E-state index contributed by atoms with van der Waals surface area (Å²) in [6, 6.07) is 9.97. The van der Waals surface area contributed by atoms with Crippen LogP contribution in [0.5, 0.6) is 0 Å². The van der Waals surface area contributed by atoms with Crippen LogP contribution in [0.4, 0.5) is 0 Å². The minimum atomic E-state index is -0.415. The van der Waals surface area contributed by atoms with E-state index in [1.807, 2.05) is 43.0 Å². The maximum Gasteiger partial charge on any atom is 0.249 e. The maximum atomic E-state index is 14.2. The number of hydrogen-bond acceptors (Lipinski definition) is 6. The van der Waals surface area contributed by atoms with E-state index in [-0.39, 0.29) is 52.7 Å². The molecule has 43 heavy (non-hydrogen) atoms. The minimum Gasteiger partial charge on any atom is -0.383 e. The van der Waals surface area contributed by atoms with Crippen molar-refractivity contribution in [1.82, 2.24) is 20.4 Å². The molecular weight excluding hydrogens is 540 g/mol. The molecule has 0 radical (unpaired) electrons. The first kappa shape index (κ1) is 36.9. The SMILES string of the molecule is CN[C@H](CN[C@H](C(=O)N(C)[C@H](/C=C(\C)C(=O)N1[C@H](COC)CC[C@H]1COC)C(C)C)C(C)(C)C)C(C)(C)c1ccccc1. The number of rotatable bonds is 15. The number of amides is 2.